The summed E-state index contributed by atoms with van der Waals surface area (Å²) in [6.45, 7) is 0.600. The number of hydrogen-bond acceptors (Lipinski definition) is 3. The number of aromatic amines is 1. The molecule has 3 aromatic rings. The van der Waals surface area contributed by atoms with Crippen molar-refractivity contribution < 1.29 is 18.8 Å². The van der Waals surface area contributed by atoms with Crippen LogP contribution in [0.2, 0.25) is 0 Å². The monoisotopic (exact) mass is 379 g/mol. The number of nitrogens with zero attached hydrogens (tertiary/aromatic N) is 1. The van der Waals surface area contributed by atoms with E-state index in [-0.39, 0.29) is 29.4 Å². The van der Waals surface area contributed by atoms with E-state index in [1.165, 1.54) is 23.2 Å². The molecule has 1 atom stereocenters. The average Bonchev–Trinajstić information content (AvgIpc) is 3.35. The second kappa shape index (κ2) is 7.26. The highest BCUT2D eigenvalue weighted by atomic mass is 19.1. The van der Waals surface area contributed by atoms with E-state index >= 15 is 0 Å². The zero-order valence-corrected chi connectivity index (χ0v) is 14.9. The van der Waals surface area contributed by atoms with Crippen molar-refractivity contribution in [3.8, 4) is 0 Å². The maximum atomic E-state index is 14.1. The van der Waals surface area contributed by atoms with Gasteiger partial charge in [0.25, 0.3) is 17.6 Å². The lowest BCUT2D eigenvalue weighted by Crippen LogP contribution is -2.40. The van der Waals surface area contributed by atoms with Crippen molar-refractivity contribution in [1.29, 1.82) is 0 Å². The smallest absolute Gasteiger partial charge is 0.295 e. The van der Waals surface area contributed by atoms with Crippen LogP contribution in [-0.2, 0) is 4.79 Å². The minimum atomic E-state index is -0.758. The van der Waals surface area contributed by atoms with Crippen molar-refractivity contribution in [2.45, 2.75) is 12.5 Å². The summed E-state index contributed by atoms with van der Waals surface area (Å²) in [6, 6.07) is 13.0. The van der Waals surface area contributed by atoms with Gasteiger partial charge in [0.2, 0.25) is 0 Å². The molecule has 2 N–H and O–H groups in total. The van der Waals surface area contributed by atoms with Gasteiger partial charge in [0.1, 0.15) is 5.82 Å². The Morgan fingerprint density at radius 1 is 1.07 bits per heavy atom. The molecule has 7 heteroatoms. The van der Waals surface area contributed by atoms with Crippen LogP contribution in [0.3, 0.4) is 0 Å². The molecule has 2 heterocycles. The predicted molar refractivity (Wildman–Crippen MR) is 101 cm³/mol. The summed E-state index contributed by atoms with van der Waals surface area (Å²) >= 11 is 0. The van der Waals surface area contributed by atoms with Crippen molar-refractivity contribution in [2.24, 2.45) is 0 Å². The summed E-state index contributed by atoms with van der Waals surface area (Å²) in [5.74, 6) is -2.22. The topological polar surface area (TPSA) is 82.3 Å². The van der Waals surface area contributed by atoms with Crippen LogP contribution in [0.5, 0.6) is 0 Å². The molecule has 6 nitrogen and oxygen atoms in total. The average molecular weight is 379 g/mol. The van der Waals surface area contributed by atoms with Gasteiger partial charge in [-0.2, -0.15) is 0 Å². The largest absolute Gasteiger partial charge is 0.360 e. The van der Waals surface area contributed by atoms with Gasteiger partial charge in [-0.05, 0) is 30.7 Å². The molecule has 0 bridgehead atoms. The van der Waals surface area contributed by atoms with Gasteiger partial charge in [0.15, 0.2) is 0 Å². The second-order valence-corrected chi connectivity index (χ2v) is 6.77. The number of nitrogens with one attached hydrogen (secondary N) is 2. The van der Waals surface area contributed by atoms with Crippen LogP contribution in [0.25, 0.3) is 10.9 Å². The fraction of sp³-hybridized carbons (Fsp3) is 0.190. The molecule has 1 aliphatic heterocycles. The van der Waals surface area contributed by atoms with Crippen LogP contribution < -0.4 is 5.32 Å². The maximum absolute atomic E-state index is 14.1. The number of ketones is 1. The number of rotatable bonds is 4. The molecular formula is C21H18FN3O3. The number of benzene rings is 2. The molecule has 1 saturated heterocycles. The Balaban J connectivity index is 1.44. The van der Waals surface area contributed by atoms with E-state index in [4.69, 9.17) is 0 Å². The standard InChI is InChI=1S/C21H18FN3O3/c22-16-7-4-8-17-18(16)15(11-23-17)19(26)21(28)25-10-9-14(12-25)24-20(27)13-5-2-1-3-6-13/h1-8,11,14,23H,9-10,12H2,(H,24,27). The fourth-order valence-electron chi connectivity index (χ4n) is 3.50. The lowest BCUT2D eigenvalue weighted by Gasteiger charge is -2.16. The molecule has 0 saturated carbocycles. The lowest BCUT2D eigenvalue weighted by atomic mass is 10.1. The first-order chi connectivity index (χ1) is 13.5. The van der Waals surface area contributed by atoms with Crippen LogP contribution in [0.4, 0.5) is 4.39 Å². The minimum absolute atomic E-state index is 0.0230. The Kier molecular flexibility index (Phi) is 4.65. The molecule has 0 radical (unpaired) electrons. The SMILES string of the molecule is O=C(NC1CCN(C(=O)C(=O)c2c[nH]c3cccc(F)c23)C1)c1ccccc1. The number of H-pyrrole nitrogens is 1. The van der Waals surface area contributed by atoms with Crippen molar-refractivity contribution in [3.63, 3.8) is 0 Å². The number of halogens is 1. The van der Waals surface area contributed by atoms with E-state index in [9.17, 15) is 18.8 Å². The van der Waals surface area contributed by atoms with Gasteiger partial charge in [-0.25, -0.2) is 4.39 Å². The van der Waals surface area contributed by atoms with Crippen molar-refractivity contribution in [1.82, 2.24) is 15.2 Å². The van der Waals surface area contributed by atoms with Crippen molar-refractivity contribution in [2.75, 3.05) is 13.1 Å². The first kappa shape index (κ1) is 17.9. The third kappa shape index (κ3) is 3.26. The second-order valence-electron chi connectivity index (χ2n) is 6.77. The van der Waals surface area contributed by atoms with Gasteiger partial charge in [-0.3, -0.25) is 14.4 Å². The number of hydrogen-bond donors (Lipinski definition) is 2. The fourth-order valence-corrected chi connectivity index (χ4v) is 3.50. The Bertz CT molecular complexity index is 1060. The molecule has 2 aromatic carbocycles. The highest BCUT2D eigenvalue weighted by Crippen LogP contribution is 2.23. The number of aromatic nitrogens is 1. The molecule has 28 heavy (non-hydrogen) atoms. The zero-order valence-electron chi connectivity index (χ0n) is 14.9. The van der Waals surface area contributed by atoms with Crippen LogP contribution in [0.1, 0.15) is 27.1 Å². The number of fused-ring (bicyclic) bond motifs is 1. The Morgan fingerprint density at radius 3 is 2.64 bits per heavy atom. The third-order valence-corrected chi connectivity index (χ3v) is 4.94. The van der Waals surface area contributed by atoms with Crippen molar-refractivity contribution >= 4 is 28.5 Å². The van der Waals surface area contributed by atoms with E-state index < -0.39 is 17.5 Å². The minimum Gasteiger partial charge on any atom is -0.360 e. The van der Waals surface area contributed by atoms with Gasteiger partial charge < -0.3 is 15.2 Å². The molecule has 0 spiro atoms. The van der Waals surface area contributed by atoms with Gasteiger partial charge >= 0.3 is 0 Å². The highest BCUT2D eigenvalue weighted by Gasteiger charge is 2.32. The van der Waals surface area contributed by atoms with Crippen LogP contribution >= 0.6 is 0 Å². The summed E-state index contributed by atoms with van der Waals surface area (Å²) in [5.41, 5.74) is 1.03. The summed E-state index contributed by atoms with van der Waals surface area (Å²) in [7, 11) is 0. The van der Waals surface area contributed by atoms with Crippen molar-refractivity contribution in [3.05, 3.63) is 71.7 Å². The van der Waals surface area contributed by atoms with Crippen LogP contribution in [0.15, 0.2) is 54.7 Å². The summed E-state index contributed by atoms with van der Waals surface area (Å²) in [6.07, 6.45) is 1.92. The summed E-state index contributed by atoms with van der Waals surface area (Å²) in [5, 5.41) is 3.00. The zero-order chi connectivity index (χ0) is 19.7. The van der Waals surface area contributed by atoms with E-state index in [1.54, 1.807) is 30.3 Å². The molecular weight excluding hydrogens is 361 g/mol. The van der Waals surface area contributed by atoms with Gasteiger partial charge in [0.05, 0.1) is 5.56 Å². The Hall–Kier alpha value is -3.48. The molecule has 1 aromatic heterocycles. The Morgan fingerprint density at radius 2 is 1.86 bits per heavy atom. The lowest BCUT2D eigenvalue weighted by molar-refractivity contribution is -0.125. The van der Waals surface area contributed by atoms with E-state index in [2.05, 4.69) is 10.3 Å². The number of likely N-dealkylation sites (tertiary alicyclic amines) is 1. The number of carbonyl (C=O) groups excluding carboxylic acids is 3. The number of carbonyl (C=O) groups is 3. The van der Waals surface area contributed by atoms with Gasteiger partial charge in [-0.15, -0.1) is 0 Å². The molecule has 1 unspecified atom stereocenters. The Labute approximate surface area is 160 Å². The molecule has 1 aliphatic rings. The van der Waals surface area contributed by atoms with E-state index in [0.29, 0.717) is 24.0 Å². The quantitative estimate of drug-likeness (QED) is 0.540. The molecule has 0 aliphatic carbocycles. The van der Waals surface area contributed by atoms with Crippen LogP contribution in [0, 0.1) is 5.82 Å². The van der Waals surface area contributed by atoms with Gasteiger partial charge in [-0.1, -0.05) is 24.3 Å². The predicted octanol–water partition coefficient (Wildman–Crippen LogP) is 2.52. The van der Waals surface area contributed by atoms with E-state index in [1.807, 2.05) is 6.07 Å². The molecule has 1 fully saturated rings. The third-order valence-electron chi connectivity index (χ3n) is 4.94. The molecule has 2 amide bonds. The molecule has 4 rings (SSSR count). The normalized spacial score (nSPS) is 16.3. The molecule has 142 valence electrons. The maximum Gasteiger partial charge on any atom is 0.295 e. The number of amides is 2. The summed E-state index contributed by atoms with van der Waals surface area (Å²) in [4.78, 5) is 41.7. The van der Waals surface area contributed by atoms with E-state index in [0.717, 1.165) is 0 Å². The highest BCUT2D eigenvalue weighted by molar-refractivity contribution is 6.44. The van der Waals surface area contributed by atoms with Crippen LogP contribution in [-0.4, -0.2) is 46.6 Å². The first-order valence-electron chi connectivity index (χ1n) is 8.99. The van der Waals surface area contributed by atoms with Gasteiger partial charge in [0, 0.05) is 41.8 Å². The summed E-state index contributed by atoms with van der Waals surface area (Å²) < 4.78 is 14.1. The number of Topliss-reactive ketones (excluding diaryl/α,β-unsaturated/α-hetero) is 1. The first-order valence-corrected chi connectivity index (χ1v) is 8.99.